The third kappa shape index (κ3) is 2.71. The molecule has 2 aromatic rings. The van der Waals surface area contributed by atoms with Gasteiger partial charge in [-0.2, -0.15) is 0 Å². The molecule has 0 aliphatic carbocycles. The fourth-order valence-corrected chi connectivity index (χ4v) is 2.54. The Kier molecular flexibility index (Phi) is 3.87. The number of aliphatic hydroxyl groups is 1. The van der Waals surface area contributed by atoms with Gasteiger partial charge in [-0.15, -0.1) is 0 Å². The van der Waals surface area contributed by atoms with Crippen molar-refractivity contribution in [1.29, 1.82) is 0 Å². The van der Waals surface area contributed by atoms with Gasteiger partial charge in [0.15, 0.2) is 0 Å². The molecule has 0 saturated heterocycles. The van der Waals surface area contributed by atoms with E-state index in [4.69, 9.17) is 11.6 Å². The summed E-state index contributed by atoms with van der Waals surface area (Å²) in [5.41, 5.74) is 2.72. The van der Waals surface area contributed by atoms with Gasteiger partial charge < -0.3 is 5.11 Å². The molecule has 17 heavy (non-hydrogen) atoms. The van der Waals surface area contributed by atoms with Crippen LogP contribution >= 0.6 is 27.5 Å². The molecule has 0 radical (unpaired) electrons. The summed E-state index contributed by atoms with van der Waals surface area (Å²) in [6, 6.07) is 13.2. The van der Waals surface area contributed by atoms with Crippen LogP contribution in [0.5, 0.6) is 0 Å². The highest BCUT2D eigenvalue weighted by Gasteiger charge is 2.15. The smallest absolute Gasteiger partial charge is 0.105 e. The van der Waals surface area contributed by atoms with Gasteiger partial charge in [0.05, 0.1) is 0 Å². The molecule has 3 heteroatoms. The van der Waals surface area contributed by atoms with E-state index in [9.17, 15) is 5.11 Å². The first-order chi connectivity index (χ1) is 8.09. The molecule has 0 amide bonds. The zero-order valence-corrected chi connectivity index (χ0v) is 11.7. The first kappa shape index (κ1) is 12.6. The molecule has 0 unspecified atom stereocenters. The van der Waals surface area contributed by atoms with E-state index in [1.165, 1.54) is 0 Å². The van der Waals surface area contributed by atoms with Crippen LogP contribution in [0.4, 0.5) is 0 Å². The molecule has 1 N–H and O–H groups in total. The summed E-state index contributed by atoms with van der Waals surface area (Å²) >= 11 is 9.36. The van der Waals surface area contributed by atoms with E-state index >= 15 is 0 Å². The van der Waals surface area contributed by atoms with Gasteiger partial charge >= 0.3 is 0 Å². The lowest BCUT2D eigenvalue weighted by atomic mass is 9.98. The lowest BCUT2D eigenvalue weighted by Crippen LogP contribution is -2.02. The van der Waals surface area contributed by atoms with Gasteiger partial charge in [0.2, 0.25) is 0 Å². The highest BCUT2D eigenvalue weighted by Crippen LogP contribution is 2.30. The van der Waals surface area contributed by atoms with E-state index < -0.39 is 6.10 Å². The van der Waals surface area contributed by atoms with Crippen LogP contribution in [0.1, 0.15) is 22.8 Å². The molecule has 0 heterocycles. The lowest BCUT2D eigenvalue weighted by molar-refractivity contribution is 0.219. The Balaban J connectivity index is 2.44. The second-order valence-corrected chi connectivity index (χ2v) is 5.22. The summed E-state index contributed by atoms with van der Waals surface area (Å²) < 4.78 is 0.904. The average Bonchev–Trinajstić information content (AvgIpc) is 2.29. The van der Waals surface area contributed by atoms with Gasteiger partial charge in [-0.25, -0.2) is 0 Å². The Morgan fingerprint density at radius 3 is 2.47 bits per heavy atom. The minimum Gasteiger partial charge on any atom is -0.384 e. The van der Waals surface area contributed by atoms with Gasteiger partial charge in [-0.3, -0.25) is 0 Å². The molecule has 2 aromatic carbocycles. The van der Waals surface area contributed by atoms with Gasteiger partial charge in [0.25, 0.3) is 0 Å². The molecule has 0 spiro atoms. The fraction of sp³-hybridized carbons (Fsp3) is 0.143. The number of halogens is 2. The number of benzene rings is 2. The molecule has 0 aromatic heterocycles. The first-order valence-corrected chi connectivity index (χ1v) is 6.45. The van der Waals surface area contributed by atoms with Crippen LogP contribution in [0.15, 0.2) is 46.9 Å². The Hall–Kier alpha value is -0.830. The van der Waals surface area contributed by atoms with Gasteiger partial charge in [0, 0.05) is 9.50 Å². The van der Waals surface area contributed by atoms with Crippen LogP contribution in [-0.2, 0) is 0 Å². The number of hydrogen-bond donors (Lipinski definition) is 1. The predicted molar refractivity (Wildman–Crippen MR) is 74.4 cm³/mol. The maximum absolute atomic E-state index is 10.4. The van der Waals surface area contributed by atoms with Crippen LogP contribution in [0.3, 0.4) is 0 Å². The summed E-state index contributed by atoms with van der Waals surface area (Å²) in [6.07, 6.45) is -0.636. The Bertz CT molecular complexity index is 539. The highest BCUT2D eigenvalue weighted by molar-refractivity contribution is 9.10. The molecule has 1 atom stereocenters. The fourth-order valence-electron chi connectivity index (χ4n) is 1.81. The Morgan fingerprint density at radius 1 is 1.12 bits per heavy atom. The molecule has 0 saturated carbocycles. The van der Waals surface area contributed by atoms with E-state index in [2.05, 4.69) is 15.9 Å². The largest absolute Gasteiger partial charge is 0.384 e. The van der Waals surface area contributed by atoms with E-state index in [1.54, 1.807) is 6.07 Å². The summed E-state index contributed by atoms with van der Waals surface area (Å²) in [5, 5.41) is 11.1. The predicted octanol–water partition coefficient (Wildman–Crippen LogP) is 4.49. The van der Waals surface area contributed by atoms with Gasteiger partial charge in [-0.1, -0.05) is 51.8 Å². The molecular weight excluding hydrogens is 300 g/mol. The number of aryl methyl sites for hydroxylation is 1. The quantitative estimate of drug-likeness (QED) is 0.866. The summed E-state index contributed by atoms with van der Waals surface area (Å²) in [7, 11) is 0. The summed E-state index contributed by atoms with van der Waals surface area (Å²) in [6.45, 7) is 1.95. The number of rotatable bonds is 2. The van der Waals surface area contributed by atoms with E-state index in [1.807, 2.05) is 43.3 Å². The number of aliphatic hydroxyl groups excluding tert-OH is 1. The summed E-state index contributed by atoms with van der Waals surface area (Å²) in [4.78, 5) is 0. The van der Waals surface area contributed by atoms with Crippen LogP contribution in [0.25, 0.3) is 0 Å². The summed E-state index contributed by atoms with van der Waals surface area (Å²) in [5.74, 6) is 0. The Morgan fingerprint density at radius 2 is 1.82 bits per heavy atom. The maximum atomic E-state index is 10.4. The minimum atomic E-state index is -0.636. The SMILES string of the molecule is Cc1cc(Cl)ccc1[C@@H](O)c1ccccc1Br. The van der Waals surface area contributed by atoms with Crippen LogP contribution in [0.2, 0.25) is 5.02 Å². The third-order valence-corrected chi connectivity index (χ3v) is 3.68. The third-order valence-electron chi connectivity index (χ3n) is 2.73. The van der Waals surface area contributed by atoms with E-state index in [0.717, 1.165) is 21.2 Å². The molecule has 0 aliphatic rings. The standard InChI is InChI=1S/C14H12BrClO/c1-9-8-10(16)6-7-11(9)14(17)12-4-2-3-5-13(12)15/h2-8,14,17H,1H3/t14-/m1/s1. The van der Waals surface area contributed by atoms with Crippen molar-refractivity contribution in [3.05, 3.63) is 68.7 Å². The second-order valence-electron chi connectivity index (χ2n) is 3.92. The van der Waals surface area contributed by atoms with Crippen molar-refractivity contribution in [3.63, 3.8) is 0 Å². The van der Waals surface area contributed by atoms with Crippen molar-refractivity contribution in [1.82, 2.24) is 0 Å². The van der Waals surface area contributed by atoms with Crippen molar-refractivity contribution in [2.75, 3.05) is 0 Å². The molecule has 88 valence electrons. The average molecular weight is 312 g/mol. The van der Waals surface area contributed by atoms with Gasteiger partial charge in [0.1, 0.15) is 6.10 Å². The second kappa shape index (κ2) is 5.21. The lowest BCUT2D eigenvalue weighted by Gasteiger charge is -2.15. The molecule has 1 nitrogen and oxygen atoms in total. The monoisotopic (exact) mass is 310 g/mol. The normalized spacial score (nSPS) is 12.5. The maximum Gasteiger partial charge on any atom is 0.105 e. The molecule has 0 aliphatic heterocycles. The molecular formula is C14H12BrClO. The molecule has 2 rings (SSSR count). The van der Waals surface area contributed by atoms with Crippen molar-refractivity contribution < 1.29 is 5.11 Å². The zero-order valence-electron chi connectivity index (χ0n) is 9.32. The van der Waals surface area contributed by atoms with Crippen LogP contribution in [0, 0.1) is 6.92 Å². The van der Waals surface area contributed by atoms with Crippen molar-refractivity contribution in [3.8, 4) is 0 Å². The Labute approximate surface area is 114 Å². The zero-order chi connectivity index (χ0) is 12.4. The van der Waals surface area contributed by atoms with Crippen molar-refractivity contribution >= 4 is 27.5 Å². The van der Waals surface area contributed by atoms with E-state index in [-0.39, 0.29) is 0 Å². The van der Waals surface area contributed by atoms with Crippen molar-refractivity contribution in [2.24, 2.45) is 0 Å². The van der Waals surface area contributed by atoms with Crippen LogP contribution < -0.4 is 0 Å². The topological polar surface area (TPSA) is 20.2 Å². The van der Waals surface area contributed by atoms with Crippen molar-refractivity contribution in [2.45, 2.75) is 13.0 Å². The number of hydrogen-bond acceptors (Lipinski definition) is 1. The molecule has 0 fully saturated rings. The van der Waals surface area contributed by atoms with Crippen LogP contribution in [-0.4, -0.2) is 5.11 Å². The van der Waals surface area contributed by atoms with Gasteiger partial charge in [-0.05, 0) is 41.8 Å². The molecule has 0 bridgehead atoms. The highest BCUT2D eigenvalue weighted by atomic mass is 79.9. The minimum absolute atomic E-state index is 0.636. The first-order valence-electron chi connectivity index (χ1n) is 5.28. The van der Waals surface area contributed by atoms with E-state index in [0.29, 0.717) is 5.02 Å².